The lowest BCUT2D eigenvalue weighted by Gasteiger charge is -2.25. The Bertz CT molecular complexity index is 957. The van der Waals surface area contributed by atoms with Gasteiger partial charge in [0.15, 0.2) is 0 Å². The van der Waals surface area contributed by atoms with E-state index in [1.165, 1.54) is 28.2 Å². The summed E-state index contributed by atoms with van der Waals surface area (Å²) in [7, 11) is -0.809. The van der Waals surface area contributed by atoms with Gasteiger partial charge in [-0.1, -0.05) is 0 Å². The van der Waals surface area contributed by atoms with E-state index in [2.05, 4.69) is 10.1 Å². The van der Waals surface area contributed by atoms with Crippen LogP contribution in [0.1, 0.15) is 20.2 Å². The molecule has 0 radical (unpaired) electrons. The SMILES string of the molecule is COC(=O)c1ccc(NC(=O)c2cc(S(=O)(=O)N3CCOCC3)cn2C)s1. The molecule has 146 valence electrons. The van der Waals surface area contributed by atoms with Crippen LogP contribution in [-0.4, -0.2) is 62.6 Å². The highest BCUT2D eigenvalue weighted by Gasteiger charge is 2.29. The number of thiophene rings is 1. The molecule has 1 saturated heterocycles. The van der Waals surface area contributed by atoms with Crippen LogP contribution in [0.5, 0.6) is 0 Å². The van der Waals surface area contributed by atoms with Gasteiger partial charge in [-0.05, 0) is 18.2 Å². The van der Waals surface area contributed by atoms with Gasteiger partial charge in [0.2, 0.25) is 10.0 Å². The molecule has 1 aliphatic heterocycles. The molecule has 2 aromatic rings. The fourth-order valence-corrected chi connectivity index (χ4v) is 4.93. The summed E-state index contributed by atoms with van der Waals surface area (Å²) in [5.74, 6) is -0.961. The van der Waals surface area contributed by atoms with E-state index in [0.29, 0.717) is 23.1 Å². The third-order valence-electron chi connectivity index (χ3n) is 4.05. The maximum atomic E-state index is 12.7. The van der Waals surface area contributed by atoms with Crippen molar-refractivity contribution >= 4 is 38.2 Å². The quantitative estimate of drug-likeness (QED) is 0.737. The molecule has 1 amide bonds. The third kappa shape index (κ3) is 4.05. The molecule has 11 heteroatoms. The van der Waals surface area contributed by atoms with Crippen LogP contribution in [0.3, 0.4) is 0 Å². The van der Waals surface area contributed by atoms with E-state index in [1.807, 2.05) is 0 Å². The summed E-state index contributed by atoms with van der Waals surface area (Å²) in [6.45, 7) is 1.26. The fourth-order valence-electron chi connectivity index (χ4n) is 2.63. The van der Waals surface area contributed by atoms with E-state index in [-0.39, 0.29) is 23.7 Å². The van der Waals surface area contributed by atoms with Gasteiger partial charge in [-0.2, -0.15) is 4.31 Å². The number of sulfonamides is 1. The first kappa shape index (κ1) is 19.5. The first-order valence-electron chi connectivity index (χ1n) is 8.06. The zero-order chi connectivity index (χ0) is 19.6. The number of ether oxygens (including phenoxy) is 2. The second kappa shape index (κ2) is 7.80. The number of nitrogens with one attached hydrogen (secondary N) is 1. The molecular weight excluding hydrogens is 394 g/mol. The molecule has 1 N–H and O–H groups in total. The Kier molecular flexibility index (Phi) is 5.65. The lowest BCUT2D eigenvalue weighted by Crippen LogP contribution is -2.40. The molecule has 0 bridgehead atoms. The van der Waals surface area contributed by atoms with Crippen molar-refractivity contribution in [1.82, 2.24) is 8.87 Å². The maximum Gasteiger partial charge on any atom is 0.348 e. The van der Waals surface area contributed by atoms with Crippen molar-refractivity contribution in [1.29, 1.82) is 0 Å². The molecule has 9 nitrogen and oxygen atoms in total. The van der Waals surface area contributed by atoms with Crippen LogP contribution < -0.4 is 5.32 Å². The Balaban J connectivity index is 1.78. The number of nitrogens with zero attached hydrogens (tertiary/aromatic N) is 2. The van der Waals surface area contributed by atoms with E-state index >= 15 is 0 Å². The van der Waals surface area contributed by atoms with Crippen molar-refractivity contribution < 1.29 is 27.5 Å². The maximum absolute atomic E-state index is 12.7. The van der Waals surface area contributed by atoms with E-state index < -0.39 is 21.9 Å². The zero-order valence-corrected chi connectivity index (χ0v) is 16.4. The predicted octanol–water partition coefficient (Wildman–Crippen LogP) is 1.15. The van der Waals surface area contributed by atoms with Crippen LogP contribution in [0.25, 0.3) is 0 Å². The van der Waals surface area contributed by atoms with Gasteiger partial charge in [0, 0.05) is 26.3 Å². The topological polar surface area (TPSA) is 107 Å². The van der Waals surface area contributed by atoms with Crippen molar-refractivity contribution in [2.45, 2.75) is 4.90 Å². The van der Waals surface area contributed by atoms with Crippen molar-refractivity contribution in [3.05, 3.63) is 35.0 Å². The summed E-state index contributed by atoms with van der Waals surface area (Å²) in [5, 5.41) is 3.12. The minimum Gasteiger partial charge on any atom is -0.465 e. The average Bonchev–Trinajstić information content (AvgIpc) is 3.28. The normalized spacial score (nSPS) is 15.5. The molecule has 2 aromatic heterocycles. The Morgan fingerprint density at radius 3 is 2.63 bits per heavy atom. The molecule has 0 spiro atoms. The van der Waals surface area contributed by atoms with Crippen LogP contribution in [0.15, 0.2) is 29.3 Å². The van der Waals surface area contributed by atoms with E-state index in [4.69, 9.17) is 4.74 Å². The fraction of sp³-hybridized carbons (Fsp3) is 0.375. The summed E-state index contributed by atoms with van der Waals surface area (Å²) in [4.78, 5) is 24.4. The van der Waals surface area contributed by atoms with Gasteiger partial charge in [-0.25, -0.2) is 13.2 Å². The third-order valence-corrected chi connectivity index (χ3v) is 6.89. The number of hydrogen-bond acceptors (Lipinski definition) is 7. The van der Waals surface area contributed by atoms with E-state index in [0.717, 1.165) is 11.3 Å². The van der Waals surface area contributed by atoms with Gasteiger partial charge < -0.3 is 19.4 Å². The Labute approximate surface area is 160 Å². The molecule has 0 saturated carbocycles. The minimum absolute atomic E-state index is 0.0541. The van der Waals surface area contributed by atoms with Crippen LogP contribution in [0.4, 0.5) is 5.00 Å². The number of aromatic nitrogens is 1. The molecule has 0 aromatic carbocycles. The number of aryl methyl sites for hydroxylation is 1. The summed E-state index contributed by atoms with van der Waals surface area (Å²) in [6, 6.07) is 4.48. The Morgan fingerprint density at radius 2 is 1.96 bits per heavy atom. The lowest BCUT2D eigenvalue weighted by molar-refractivity contribution is 0.0606. The number of amides is 1. The first-order valence-corrected chi connectivity index (χ1v) is 10.3. The summed E-state index contributed by atoms with van der Waals surface area (Å²) < 4.78 is 38.1. The molecule has 3 rings (SSSR count). The number of carbonyl (C=O) groups excluding carboxylic acids is 2. The van der Waals surface area contributed by atoms with E-state index in [1.54, 1.807) is 19.2 Å². The van der Waals surface area contributed by atoms with Crippen LogP contribution in [-0.2, 0) is 26.5 Å². The molecule has 0 aliphatic carbocycles. The number of carbonyl (C=O) groups is 2. The number of morpholine rings is 1. The highest BCUT2D eigenvalue weighted by Crippen LogP contribution is 2.24. The highest BCUT2D eigenvalue weighted by molar-refractivity contribution is 7.89. The number of esters is 1. The van der Waals surface area contributed by atoms with Gasteiger partial charge in [-0.3, -0.25) is 4.79 Å². The highest BCUT2D eigenvalue weighted by atomic mass is 32.2. The smallest absolute Gasteiger partial charge is 0.348 e. The number of rotatable bonds is 5. The number of hydrogen-bond donors (Lipinski definition) is 1. The number of methoxy groups -OCH3 is 1. The molecule has 1 fully saturated rings. The standard InChI is InChI=1S/C16H19N3O6S2/c1-18-10-11(27(22,23)19-5-7-25-8-6-19)9-12(18)15(20)17-14-4-3-13(26-14)16(21)24-2/h3-4,9-10H,5-8H2,1-2H3,(H,17,20). The average molecular weight is 413 g/mol. The first-order chi connectivity index (χ1) is 12.8. The lowest BCUT2D eigenvalue weighted by atomic mass is 10.4. The van der Waals surface area contributed by atoms with Crippen molar-refractivity contribution in [3.63, 3.8) is 0 Å². The van der Waals surface area contributed by atoms with Crippen molar-refractivity contribution in [2.24, 2.45) is 7.05 Å². The predicted molar refractivity (Wildman–Crippen MR) is 98.6 cm³/mol. The second-order valence-electron chi connectivity index (χ2n) is 5.80. The molecule has 27 heavy (non-hydrogen) atoms. The van der Waals surface area contributed by atoms with E-state index in [9.17, 15) is 18.0 Å². The van der Waals surface area contributed by atoms with Crippen LogP contribution >= 0.6 is 11.3 Å². The second-order valence-corrected chi connectivity index (χ2v) is 8.82. The molecule has 3 heterocycles. The molecule has 0 atom stereocenters. The summed E-state index contributed by atoms with van der Waals surface area (Å²) in [6.07, 6.45) is 1.41. The van der Waals surface area contributed by atoms with Gasteiger partial charge >= 0.3 is 5.97 Å². The van der Waals surface area contributed by atoms with Crippen LogP contribution in [0, 0.1) is 0 Å². The molecule has 1 aliphatic rings. The van der Waals surface area contributed by atoms with Gasteiger partial charge in [0.25, 0.3) is 5.91 Å². The van der Waals surface area contributed by atoms with Gasteiger partial charge in [0.1, 0.15) is 15.5 Å². The largest absolute Gasteiger partial charge is 0.465 e. The monoisotopic (exact) mass is 413 g/mol. The van der Waals surface area contributed by atoms with Crippen molar-refractivity contribution in [2.75, 3.05) is 38.7 Å². The Morgan fingerprint density at radius 1 is 1.26 bits per heavy atom. The number of anilines is 1. The summed E-state index contributed by atoms with van der Waals surface area (Å²) in [5.41, 5.74) is 0.190. The minimum atomic E-state index is -3.69. The van der Waals surface area contributed by atoms with Crippen LogP contribution in [0.2, 0.25) is 0 Å². The molecular formula is C16H19N3O6S2. The Hall–Kier alpha value is -2.21. The van der Waals surface area contributed by atoms with Gasteiger partial charge in [-0.15, -0.1) is 11.3 Å². The molecule has 0 unspecified atom stereocenters. The van der Waals surface area contributed by atoms with Crippen molar-refractivity contribution in [3.8, 4) is 0 Å². The zero-order valence-electron chi connectivity index (χ0n) is 14.8. The van der Waals surface area contributed by atoms with Gasteiger partial charge in [0.05, 0.1) is 25.3 Å². The summed E-state index contributed by atoms with van der Waals surface area (Å²) >= 11 is 1.07.